The van der Waals surface area contributed by atoms with Gasteiger partial charge in [-0.2, -0.15) is 0 Å². The summed E-state index contributed by atoms with van der Waals surface area (Å²) in [7, 11) is 3.34. The standard InChI is InChI=1S/C13H19ClO2/c1-9(2)12(8-14)11-7-10(15-3)5-6-13(11)16-4/h5-7,9,12H,8H2,1-4H3. The number of halogens is 1. The molecule has 0 aliphatic heterocycles. The van der Waals surface area contributed by atoms with Gasteiger partial charge in [-0.15, -0.1) is 11.6 Å². The largest absolute Gasteiger partial charge is 0.497 e. The van der Waals surface area contributed by atoms with Crippen molar-refractivity contribution in [3.8, 4) is 11.5 Å². The first-order valence-corrected chi connectivity index (χ1v) is 5.95. The quantitative estimate of drug-likeness (QED) is 0.734. The van der Waals surface area contributed by atoms with Crippen molar-refractivity contribution in [2.45, 2.75) is 19.8 Å². The molecule has 0 aliphatic carbocycles. The van der Waals surface area contributed by atoms with Crippen molar-refractivity contribution in [3.63, 3.8) is 0 Å². The third-order valence-corrected chi connectivity index (χ3v) is 3.14. The van der Waals surface area contributed by atoms with E-state index in [9.17, 15) is 0 Å². The van der Waals surface area contributed by atoms with Gasteiger partial charge in [-0.1, -0.05) is 13.8 Å². The molecule has 0 spiro atoms. The van der Waals surface area contributed by atoms with Gasteiger partial charge in [0, 0.05) is 17.4 Å². The summed E-state index contributed by atoms with van der Waals surface area (Å²) in [6.07, 6.45) is 0. The van der Waals surface area contributed by atoms with Crippen molar-refractivity contribution >= 4 is 11.6 Å². The van der Waals surface area contributed by atoms with Crippen LogP contribution in [0.2, 0.25) is 0 Å². The lowest BCUT2D eigenvalue weighted by molar-refractivity contribution is 0.390. The summed E-state index contributed by atoms with van der Waals surface area (Å²) in [5, 5.41) is 0. The summed E-state index contributed by atoms with van der Waals surface area (Å²) < 4.78 is 10.6. The average Bonchev–Trinajstić information content (AvgIpc) is 2.29. The van der Waals surface area contributed by atoms with Crippen LogP contribution < -0.4 is 9.47 Å². The maximum Gasteiger partial charge on any atom is 0.122 e. The fourth-order valence-corrected chi connectivity index (χ4v) is 2.27. The van der Waals surface area contributed by atoms with Crippen LogP contribution in [0, 0.1) is 5.92 Å². The molecule has 0 radical (unpaired) electrons. The molecule has 0 bridgehead atoms. The van der Waals surface area contributed by atoms with E-state index in [2.05, 4.69) is 13.8 Å². The topological polar surface area (TPSA) is 18.5 Å². The third kappa shape index (κ3) is 2.82. The van der Waals surface area contributed by atoms with Crippen molar-refractivity contribution in [2.75, 3.05) is 20.1 Å². The van der Waals surface area contributed by atoms with Gasteiger partial charge >= 0.3 is 0 Å². The van der Waals surface area contributed by atoms with Gasteiger partial charge in [0.15, 0.2) is 0 Å². The first-order valence-electron chi connectivity index (χ1n) is 5.41. The van der Waals surface area contributed by atoms with E-state index in [0.29, 0.717) is 11.8 Å². The summed E-state index contributed by atoms with van der Waals surface area (Å²) in [6, 6.07) is 5.83. The van der Waals surface area contributed by atoms with E-state index in [0.717, 1.165) is 17.1 Å². The maximum atomic E-state index is 6.03. The highest BCUT2D eigenvalue weighted by molar-refractivity contribution is 6.18. The van der Waals surface area contributed by atoms with E-state index < -0.39 is 0 Å². The molecule has 1 rings (SSSR count). The Balaban J connectivity index is 3.15. The van der Waals surface area contributed by atoms with Crippen LogP contribution in [0.3, 0.4) is 0 Å². The lowest BCUT2D eigenvalue weighted by Gasteiger charge is -2.21. The van der Waals surface area contributed by atoms with Crippen molar-refractivity contribution in [3.05, 3.63) is 23.8 Å². The first kappa shape index (κ1) is 13.2. The average molecular weight is 243 g/mol. The van der Waals surface area contributed by atoms with Crippen LogP contribution in [0.15, 0.2) is 18.2 Å². The van der Waals surface area contributed by atoms with Gasteiger partial charge in [0.05, 0.1) is 14.2 Å². The van der Waals surface area contributed by atoms with Crippen LogP contribution in [-0.2, 0) is 0 Å². The number of benzene rings is 1. The van der Waals surface area contributed by atoms with Crippen LogP contribution in [-0.4, -0.2) is 20.1 Å². The molecule has 0 saturated carbocycles. The Morgan fingerprint density at radius 1 is 1.19 bits per heavy atom. The maximum absolute atomic E-state index is 6.03. The monoisotopic (exact) mass is 242 g/mol. The van der Waals surface area contributed by atoms with Crippen LogP contribution in [0.5, 0.6) is 11.5 Å². The van der Waals surface area contributed by atoms with Gasteiger partial charge in [-0.3, -0.25) is 0 Å². The molecule has 2 nitrogen and oxygen atoms in total. The molecule has 3 heteroatoms. The van der Waals surface area contributed by atoms with Crippen LogP contribution in [0.25, 0.3) is 0 Å². The molecule has 0 N–H and O–H groups in total. The van der Waals surface area contributed by atoms with Crippen LogP contribution >= 0.6 is 11.6 Å². The molecule has 16 heavy (non-hydrogen) atoms. The number of hydrogen-bond donors (Lipinski definition) is 0. The molecule has 0 fully saturated rings. The van der Waals surface area contributed by atoms with Crippen LogP contribution in [0.4, 0.5) is 0 Å². The van der Waals surface area contributed by atoms with Crippen molar-refractivity contribution in [2.24, 2.45) is 5.92 Å². The fraction of sp³-hybridized carbons (Fsp3) is 0.538. The van der Waals surface area contributed by atoms with Gasteiger partial charge in [-0.25, -0.2) is 0 Å². The highest BCUT2D eigenvalue weighted by atomic mass is 35.5. The third-order valence-electron chi connectivity index (χ3n) is 2.81. The number of hydrogen-bond acceptors (Lipinski definition) is 2. The number of methoxy groups -OCH3 is 2. The molecule has 1 aromatic rings. The van der Waals surface area contributed by atoms with E-state index in [1.165, 1.54) is 0 Å². The Labute approximate surface area is 103 Å². The minimum absolute atomic E-state index is 0.284. The van der Waals surface area contributed by atoms with Crippen molar-refractivity contribution < 1.29 is 9.47 Å². The summed E-state index contributed by atoms with van der Waals surface area (Å²) in [5.74, 6) is 3.05. The minimum Gasteiger partial charge on any atom is -0.497 e. The molecule has 0 amide bonds. The molecule has 0 heterocycles. The molecule has 0 aliphatic rings. The molecular weight excluding hydrogens is 224 g/mol. The van der Waals surface area contributed by atoms with Crippen molar-refractivity contribution in [1.29, 1.82) is 0 Å². The lowest BCUT2D eigenvalue weighted by atomic mass is 9.89. The molecular formula is C13H19ClO2. The van der Waals surface area contributed by atoms with Crippen molar-refractivity contribution in [1.82, 2.24) is 0 Å². The van der Waals surface area contributed by atoms with E-state index in [4.69, 9.17) is 21.1 Å². The molecule has 0 saturated heterocycles. The lowest BCUT2D eigenvalue weighted by Crippen LogP contribution is -2.10. The van der Waals surface area contributed by atoms with E-state index in [-0.39, 0.29) is 5.92 Å². The predicted molar refractivity (Wildman–Crippen MR) is 67.8 cm³/mol. The zero-order valence-electron chi connectivity index (χ0n) is 10.3. The summed E-state index contributed by atoms with van der Waals surface area (Å²) in [4.78, 5) is 0. The fourth-order valence-electron chi connectivity index (χ4n) is 1.75. The van der Waals surface area contributed by atoms with Gasteiger partial charge < -0.3 is 9.47 Å². The van der Waals surface area contributed by atoms with E-state index >= 15 is 0 Å². The Morgan fingerprint density at radius 3 is 2.31 bits per heavy atom. The smallest absolute Gasteiger partial charge is 0.122 e. The zero-order chi connectivity index (χ0) is 12.1. The Bertz CT molecular complexity index is 337. The second-order valence-corrected chi connectivity index (χ2v) is 4.42. The molecule has 0 aromatic heterocycles. The SMILES string of the molecule is COc1ccc(OC)c(C(CCl)C(C)C)c1. The highest BCUT2D eigenvalue weighted by Gasteiger charge is 2.19. The molecule has 1 unspecified atom stereocenters. The number of alkyl halides is 1. The number of rotatable bonds is 5. The predicted octanol–water partition coefficient (Wildman–Crippen LogP) is 3.68. The van der Waals surface area contributed by atoms with Gasteiger partial charge in [0.1, 0.15) is 11.5 Å². The Kier molecular flexibility index (Phi) is 4.94. The van der Waals surface area contributed by atoms with Gasteiger partial charge in [0.2, 0.25) is 0 Å². The number of ether oxygens (including phenoxy) is 2. The molecule has 1 atom stereocenters. The second kappa shape index (κ2) is 6.00. The molecule has 90 valence electrons. The van der Waals surface area contributed by atoms with Gasteiger partial charge in [0.25, 0.3) is 0 Å². The van der Waals surface area contributed by atoms with E-state index in [1.54, 1.807) is 14.2 Å². The molecule has 1 aromatic carbocycles. The van der Waals surface area contributed by atoms with E-state index in [1.807, 2.05) is 18.2 Å². The van der Waals surface area contributed by atoms with Gasteiger partial charge in [-0.05, 0) is 24.1 Å². The minimum atomic E-state index is 0.284. The first-order chi connectivity index (χ1) is 7.63. The summed E-state index contributed by atoms with van der Waals surface area (Å²) in [5.41, 5.74) is 1.12. The van der Waals surface area contributed by atoms with Crippen LogP contribution in [0.1, 0.15) is 25.3 Å². The normalized spacial score (nSPS) is 12.6. The Hall–Kier alpha value is -0.890. The highest BCUT2D eigenvalue weighted by Crippen LogP contribution is 2.35. The summed E-state index contributed by atoms with van der Waals surface area (Å²) >= 11 is 6.03. The second-order valence-electron chi connectivity index (χ2n) is 4.11. The summed E-state index contributed by atoms with van der Waals surface area (Å²) in [6.45, 7) is 4.32. The zero-order valence-corrected chi connectivity index (χ0v) is 11.0. The Morgan fingerprint density at radius 2 is 1.88 bits per heavy atom.